The lowest BCUT2D eigenvalue weighted by Gasteiger charge is -2.45. The maximum Gasteiger partial charge on any atom is 0.213 e. The molecule has 3 heterocycles. The summed E-state index contributed by atoms with van der Waals surface area (Å²) in [6.07, 6.45) is 8.59. The van der Waals surface area contributed by atoms with Gasteiger partial charge >= 0.3 is 0 Å². The molecule has 0 amide bonds. The van der Waals surface area contributed by atoms with E-state index in [0.29, 0.717) is 23.9 Å². The van der Waals surface area contributed by atoms with Crippen molar-refractivity contribution in [3.8, 4) is 5.88 Å². The first-order chi connectivity index (χ1) is 14.2. The van der Waals surface area contributed by atoms with Gasteiger partial charge in [-0.05, 0) is 49.6 Å². The molecule has 0 spiro atoms. The van der Waals surface area contributed by atoms with E-state index in [1.807, 2.05) is 12.3 Å². The van der Waals surface area contributed by atoms with Crippen LogP contribution in [0.15, 0.2) is 42.7 Å². The number of aromatic nitrogens is 2. The highest BCUT2D eigenvalue weighted by Gasteiger charge is 2.39. The number of rotatable bonds is 6. The molecule has 29 heavy (non-hydrogen) atoms. The molecule has 3 aromatic rings. The van der Waals surface area contributed by atoms with Crippen molar-refractivity contribution < 1.29 is 4.74 Å². The summed E-state index contributed by atoms with van der Waals surface area (Å²) in [4.78, 5) is 10.5. The molecule has 5 heteroatoms. The SMILES string of the molecule is CCCCOc1ccc(N[C@H]2CC3c4cccc5[nH]cc(c45)C[C@H]3N(C)C2)cn1. The lowest BCUT2D eigenvalue weighted by molar-refractivity contribution is 0.147. The second kappa shape index (κ2) is 7.71. The van der Waals surface area contributed by atoms with Crippen LogP contribution >= 0.6 is 0 Å². The van der Waals surface area contributed by atoms with Gasteiger partial charge in [-0.1, -0.05) is 25.5 Å². The van der Waals surface area contributed by atoms with Gasteiger partial charge in [0.05, 0.1) is 18.5 Å². The number of nitrogens with zero attached hydrogens (tertiary/aromatic N) is 2. The summed E-state index contributed by atoms with van der Waals surface area (Å²) in [7, 11) is 2.27. The van der Waals surface area contributed by atoms with E-state index in [1.165, 1.54) is 22.0 Å². The van der Waals surface area contributed by atoms with Crippen LogP contribution in [0.1, 0.15) is 43.2 Å². The molecule has 152 valence electrons. The molecule has 1 aromatic carbocycles. The number of hydrogen-bond acceptors (Lipinski definition) is 4. The summed E-state index contributed by atoms with van der Waals surface area (Å²) in [6, 6.07) is 11.8. The van der Waals surface area contributed by atoms with Crippen molar-refractivity contribution in [3.05, 3.63) is 53.9 Å². The Kier molecular flexibility index (Phi) is 4.92. The van der Waals surface area contributed by atoms with Crippen LogP contribution < -0.4 is 10.1 Å². The Bertz CT molecular complexity index is 980. The summed E-state index contributed by atoms with van der Waals surface area (Å²) < 4.78 is 5.69. The molecule has 2 aliphatic rings. The number of H-pyrrole nitrogens is 1. The fourth-order valence-electron chi connectivity index (χ4n) is 5.15. The lowest BCUT2D eigenvalue weighted by atomic mass is 9.74. The average molecular weight is 391 g/mol. The molecule has 5 nitrogen and oxygen atoms in total. The Hall–Kier alpha value is -2.53. The number of ether oxygens (including phenoxy) is 1. The minimum atomic E-state index is 0.408. The van der Waals surface area contributed by atoms with Gasteiger partial charge in [0, 0.05) is 47.7 Å². The fraction of sp³-hybridized carbons (Fsp3) is 0.458. The van der Waals surface area contributed by atoms with E-state index in [-0.39, 0.29) is 0 Å². The Morgan fingerprint density at radius 1 is 1.28 bits per heavy atom. The lowest BCUT2D eigenvalue weighted by Crippen LogP contribution is -2.51. The molecular weight excluding hydrogens is 360 g/mol. The number of unbranched alkanes of at least 4 members (excludes halogenated alkanes) is 1. The molecule has 1 unspecified atom stereocenters. The van der Waals surface area contributed by atoms with Gasteiger partial charge in [0.15, 0.2) is 0 Å². The van der Waals surface area contributed by atoms with E-state index < -0.39 is 0 Å². The number of pyridine rings is 1. The Morgan fingerprint density at radius 3 is 3.03 bits per heavy atom. The highest BCUT2D eigenvalue weighted by Crippen LogP contribution is 2.43. The number of hydrogen-bond donors (Lipinski definition) is 2. The molecule has 2 aromatic heterocycles. The molecule has 1 aliphatic heterocycles. The van der Waals surface area contributed by atoms with Crippen molar-refractivity contribution in [2.24, 2.45) is 0 Å². The maximum absolute atomic E-state index is 5.69. The third kappa shape index (κ3) is 3.48. The molecule has 3 atom stereocenters. The normalized spacial score (nSPS) is 23.7. The number of fused-ring (bicyclic) bond motifs is 2. The Balaban J connectivity index is 1.32. The monoisotopic (exact) mass is 390 g/mol. The number of likely N-dealkylation sites (tertiary alicyclic amines) is 1. The molecule has 0 saturated carbocycles. The molecule has 2 N–H and O–H groups in total. The summed E-state index contributed by atoms with van der Waals surface area (Å²) in [5.74, 6) is 1.27. The zero-order chi connectivity index (χ0) is 19.8. The third-order valence-corrected chi connectivity index (χ3v) is 6.58. The second-order valence-corrected chi connectivity index (χ2v) is 8.57. The van der Waals surface area contributed by atoms with Crippen LogP contribution in [-0.2, 0) is 6.42 Å². The van der Waals surface area contributed by atoms with Crippen LogP contribution in [0.3, 0.4) is 0 Å². The predicted molar refractivity (Wildman–Crippen MR) is 118 cm³/mol. The average Bonchev–Trinajstić information content (AvgIpc) is 3.15. The quantitative estimate of drug-likeness (QED) is 0.606. The highest BCUT2D eigenvalue weighted by atomic mass is 16.5. The van der Waals surface area contributed by atoms with Gasteiger partial charge in [0.1, 0.15) is 0 Å². The molecule has 1 aliphatic carbocycles. The van der Waals surface area contributed by atoms with E-state index >= 15 is 0 Å². The minimum Gasteiger partial charge on any atom is -0.478 e. The number of anilines is 1. The number of aromatic amines is 1. The Labute approximate surface area is 172 Å². The van der Waals surface area contributed by atoms with Gasteiger partial charge in [-0.25, -0.2) is 4.98 Å². The van der Waals surface area contributed by atoms with E-state index in [1.54, 1.807) is 0 Å². The molecule has 0 radical (unpaired) electrons. The first-order valence-electron chi connectivity index (χ1n) is 10.9. The topological polar surface area (TPSA) is 53.2 Å². The summed E-state index contributed by atoms with van der Waals surface area (Å²) in [6.45, 7) is 3.95. The fourth-order valence-corrected chi connectivity index (χ4v) is 5.15. The highest BCUT2D eigenvalue weighted by molar-refractivity contribution is 5.88. The van der Waals surface area contributed by atoms with Crippen LogP contribution in [0.25, 0.3) is 10.9 Å². The molecule has 5 rings (SSSR count). The van der Waals surface area contributed by atoms with Crippen LogP contribution in [0, 0.1) is 0 Å². The predicted octanol–water partition coefficient (Wildman–Crippen LogP) is 4.57. The van der Waals surface area contributed by atoms with Crippen LogP contribution in [0.2, 0.25) is 0 Å². The summed E-state index contributed by atoms with van der Waals surface area (Å²) >= 11 is 0. The van der Waals surface area contributed by atoms with Crippen molar-refractivity contribution in [3.63, 3.8) is 0 Å². The number of likely N-dealkylation sites (N-methyl/N-ethyl adjacent to an activating group) is 1. The van der Waals surface area contributed by atoms with Gasteiger partial charge in [-0.3, -0.25) is 0 Å². The van der Waals surface area contributed by atoms with E-state index in [0.717, 1.165) is 44.5 Å². The van der Waals surface area contributed by atoms with Gasteiger partial charge in [-0.15, -0.1) is 0 Å². The number of nitrogens with one attached hydrogen (secondary N) is 2. The zero-order valence-electron chi connectivity index (χ0n) is 17.3. The molecule has 1 saturated heterocycles. The van der Waals surface area contributed by atoms with Crippen LogP contribution in [0.4, 0.5) is 5.69 Å². The second-order valence-electron chi connectivity index (χ2n) is 8.57. The maximum atomic E-state index is 5.69. The van der Waals surface area contributed by atoms with Gasteiger partial charge in [0.2, 0.25) is 5.88 Å². The standard InChI is InChI=1S/C24H30N4O/c1-3-4-10-29-23-9-8-17(14-26-23)27-18-12-20-19-6-5-7-21-24(19)16(13-25-21)11-22(20)28(2)15-18/h5-9,13-14,18,20,22,25,27H,3-4,10-12,15H2,1-2H3/t18-,20?,22+/m0/s1. The van der Waals surface area contributed by atoms with Crippen LogP contribution in [0.5, 0.6) is 5.88 Å². The summed E-state index contributed by atoms with van der Waals surface area (Å²) in [5.41, 5.74) is 5.32. The van der Waals surface area contributed by atoms with Crippen molar-refractivity contribution in [2.45, 2.75) is 50.6 Å². The van der Waals surface area contributed by atoms with Crippen molar-refractivity contribution in [2.75, 3.05) is 25.5 Å². The zero-order valence-corrected chi connectivity index (χ0v) is 17.3. The molecular formula is C24H30N4O. The minimum absolute atomic E-state index is 0.408. The van der Waals surface area contributed by atoms with Crippen molar-refractivity contribution in [1.29, 1.82) is 0 Å². The van der Waals surface area contributed by atoms with Gasteiger partial charge < -0.3 is 19.9 Å². The first kappa shape index (κ1) is 18.5. The number of piperidine rings is 1. The smallest absolute Gasteiger partial charge is 0.213 e. The first-order valence-corrected chi connectivity index (χ1v) is 10.9. The van der Waals surface area contributed by atoms with E-state index in [4.69, 9.17) is 4.74 Å². The third-order valence-electron chi connectivity index (χ3n) is 6.58. The van der Waals surface area contributed by atoms with Crippen molar-refractivity contribution >= 4 is 16.6 Å². The number of benzene rings is 1. The van der Waals surface area contributed by atoms with Gasteiger partial charge in [-0.2, -0.15) is 0 Å². The van der Waals surface area contributed by atoms with E-state index in [2.05, 4.69) is 64.6 Å². The van der Waals surface area contributed by atoms with Crippen molar-refractivity contribution in [1.82, 2.24) is 14.9 Å². The summed E-state index contributed by atoms with van der Waals surface area (Å²) in [5, 5.41) is 5.18. The van der Waals surface area contributed by atoms with Gasteiger partial charge in [0.25, 0.3) is 0 Å². The Morgan fingerprint density at radius 2 is 2.21 bits per heavy atom. The van der Waals surface area contributed by atoms with Crippen LogP contribution in [-0.4, -0.2) is 47.2 Å². The largest absolute Gasteiger partial charge is 0.478 e. The molecule has 1 fully saturated rings. The molecule has 0 bridgehead atoms. The van der Waals surface area contributed by atoms with E-state index in [9.17, 15) is 0 Å².